The second-order valence-electron chi connectivity index (χ2n) is 23.0. The quantitative estimate of drug-likeness (QED) is 0.0836. The van der Waals surface area contributed by atoms with Crippen molar-refractivity contribution >= 4 is 47.8 Å². The largest absolute Gasteiger partial charge is 0.504 e. The van der Waals surface area contributed by atoms with E-state index in [0.717, 1.165) is 0 Å². The van der Waals surface area contributed by atoms with Crippen molar-refractivity contribution in [1.82, 2.24) is 0 Å². The van der Waals surface area contributed by atoms with Gasteiger partial charge in [-0.15, -0.1) is 0 Å². The molecule has 0 spiro atoms. The summed E-state index contributed by atoms with van der Waals surface area (Å²) in [5.41, 5.74) is 0. The molecule has 21 atom stereocenters. The van der Waals surface area contributed by atoms with Crippen molar-refractivity contribution in [3.63, 3.8) is 0 Å². The van der Waals surface area contributed by atoms with E-state index >= 15 is 0 Å². The summed E-state index contributed by atoms with van der Waals surface area (Å²) < 4.78 is 111. The summed E-state index contributed by atoms with van der Waals surface area (Å²) in [5.74, 6) is -8.61. The van der Waals surface area contributed by atoms with E-state index in [1.165, 1.54) is 73.6 Å². The number of para-hydroxylation sites is 2. The molecule has 0 aliphatic carbocycles. The van der Waals surface area contributed by atoms with Crippen LogP contribution in [-0.4, -0.2) is 183 Å². The molecule has 2 N–H and O–H groups in total. The van der Waals surface area contributed by atoms with Crippen molar-refractivity contribution in [2.24, 2.45) is 35.5 Å². The van der Waals surface area contributed by atoms with Crippen LogP contribution in [0.3, 0.4) is 0 Å². The fourth-order valence-electron chi connectivity index (χ4n) is 11.1. The maximum absolute atomic E-state index is 12.4. The van der Waals surface area contributed by atoms with Crippen molar-refractivity contribution < 1.29 is 139 Å². The Labute approximate surface area is 527 Å². The molecule has 0 aromatic heterocycles. The highest BCUT2D eigenvalue weighted by Gasteiger charge is 2.55. The van der Waals surface area contributed by atoms with Gasteiger partial charge in [-0.3, -0.25) is 38.4 Å². The first-order chi connectivity index (χ1) is 42.8. The van der Waals surface area contributed by atoms with Gasteiger partial charge in [-0.1, -0.05) is 53.7 Å². The zero-order chi connectivity index (χ0) is 67.3. The zero-order valence-corrected chi connectivity index (χ0v) is 54.0. The van der Waals surface area contributed by atoms with E-state index in [0.29, 0.717) is 12.4 Å². The molecule has 5 aliphatic heterocycles. The summed E-state index contributed by atoms with van der Waals surface area (Å²) in [6, 6.07) is 9.08. The Kier molecular flexibility index (Phi) is 25.9. The van der Waals surface area contributed by atoms with Crippen molar-refractivity contribution in [2.75, 3.05) is 33.0 Å². The first-order valence-corrected chi connectivity index (χ1v) is 30.0. The van der Waals surface area contributed by atoms with Crippen molar-refractivity contribution in [3.05, 3.63) is 36.4 Å². The molecule has 5 heterocycles. The van der Waals surface area contributed by atoms with Gasteiger partial charge in [-0.2, -0.15) is 0 Å². The number of benzene rings is 2. The summed E-state index contributed by atoms with van der Waals surface area (Å²) in [6.07, 6.45) is -14.0. The Balaban J connectivity index is 0.000000291. The number of hydrogen-bond donors (Lipinski definition) is 2. The molecule has 2 aromatic carbocycles. The van der Waals surface area contributed by atoms with Gasteiger partial charge in [0.1, 0.15) is 38.6 Å². The summed E-state index contributed by atoms with van der Waals surface area (Å²) in [4.78, 5) is 95.5. The lowest BCUT2D eigenvalue weighted by atomic mass is 9.83. The Bertz CT molecular complexity index is 2840. The highest BCUT2D eigenvalue weighted by molar-refractivity contribution is 5.68. The molecule has 0 radical (unpaired) electrons. The Morgan fingerprint density at radius 3 is 1.16 bits per heavy atom. The van der Waals surface area contributed by atoms with Crippen LogP contribution in [0, 0.1) is 35.5 Å². The maximum atomic E-state index is 12.4. The van der Waals surface area contributed by atoms with Crippen LogP contribution in [0.25, 0.3) is 0 Å². The van der Waals surface area contributed by atoms with Crippen LogP contribution in [0.4, 0.5) is 0 Å². The van der Waals surface area contributed by atoms with Crippen LogP contribution in [0.2, 0.25) is 0 Å². The lowest BCUT2D eigenvalue weighted by Crippen LogP contribution is -2.61. The monoisotopic (exact) mass is 1290 g/mol. The van der Waals surface area contributed by atoms with E-state index in [1.54, 1.807) is 45.9 Å². The highest BCUT2D eigenvalue weighted by atomic mass is 16.9. The summed E-state index contributed by atoms with van der Waals surface area (Å²) >= 11 is 0. The molecule has 29 heteroatoms. The van der Waals surface area contributed by atoms with Crippen molar-refractivity contribution in [1.29, 1.82) is 0 Å². The topological polar surface area (TPSA) is 352 Å². The Morgan fingerprint density at radius 2 is 0.780 bits per heavy atom. The third kappa shape index (κ3) is 19.4. The van der Waals surface area contributed by atoms with E-state index in [9.17, 15) is 48.6 Å². The molecule has 5 aliphatic rings. The van der Waals surface area contributed by atoms with E-state index in [2.05, 4.69) is 0 Å². The average Bonchev–Trinajstić information content (AvgIpc) is 1.62. The van der Waals surface area contributed by atoms with E-state index in [-0.39, 0.29) is 67.3 Å². The SMILES string of the molecule is CC(=O)OC[C@H]1O[C@H](O[C@H]2[C@H](C)[C@@H](OC(C)=O)[C@H](Oc3cccc(O)c3O)O[C@@H]2COC(C)=O)[C@H](OC(C)=O)[C@@H](C)[C@@H]1C.CCOC1(C)Oc2cccc(O[C@@H]3O[C@H](COC(C)=O)[C@@H](O[C@H]4O[C@H](COC(C)=O)[C@@H](C)[C@H](C)[C@H]4OC(C)=O)[C@H](C)[C@H]3OC(C)=O)c2O1. The lowest BCUT2D eigenvalue weighted by molar-refractivity contribution is -0.336. The molecule has 91 heavy (non-hydrogen) atoms. The summed E-state index contributed by atoms with van der Waals surface area (Å²) in [6.45, 7) is 24.0. The molecule has 1 unspecified atom stereocenters. The molecular weight excluding hydrogens is 1210 g/mol. The molecule has 2 aromatic rings. The van der Waals surface area contributed by atoms with Crippen LogP contribution in [0.5, 0.6) is 34.5 Å². The predicted octanol–water partition coefficient (Wildman–Crippen LogP) is 5.49. The number of rotatable bonds is 22. The standard InChI is InChI=1S/C33H46O15.C29H40O14/c1-10-40-33(9)47-24-13-11-12-23(30(24)48-33)43-31-29(42-22(8)37)18(4)27(26(45-31)15-39-20(6)35)46-32-28(41-21(7)36)17(3)16(2)25(44-32)14-38-19(5)34;1-13-14(2)26(38-18(6)32)29(41-22(13)11-36-16(4)30)43-25-15(3)27(39-19(7)33)28(42-23(25)12-37-17(5)31)40-21-10-8-9-20(34)24(21)35/h11-13,16-18,25-29,31-32H,10,14-15H2,1-9H3;8-10,13-15,22-23,25-29,34-35H,11-12H2,1-7H3/t16-,17-,18-,25+,26+,27-,28+,29+,31+,32+,33?;13-,14-,15-,22+,23+,25-,26+,27+,28+,29+/m00/s1. The fraction of sp³-hybridized carbons (Fsp3) is 0.677. The van der Waals surface area contributed by atoms with Gasteiger partial charge in [-0.05, 0) is 43.0 Å². The van der Waals surface area contributed by atoms with E-state index in [1.807, 2.05) is 27.7 Å². The van der Waals surface area contributed by atoms with Gasteiger partial charge < -0.3 is 100 Å². The minimum Gasteiger partial charge on any atom is -0.504 e. The summed E-state index contributed by atoms with van der Waals surface area (Å²) in [7, 11) is 0. The maximum Gasteiger partial charge on any atom is 0.369 e. The number of fused-ring (bicyclic) bond motifs is 1. The minimum atomic E-state index is -1.39. The lowest BCUT2D eigenvalue weighted by Gasteiger charge is -2.48. The first kappa shape index (κ1) is 72.8. The molecule has 4 fully saturated rings. The van der Waals surface area contributed by atoms with Gasteiger partial charge in [0.15, 0.2) is 60.0 Å². The number of carbonyl (C=O) groups excluding carboxylic acids is 8. The first-order valence-electron chi connectivity index (χ1n) is 30.0. The molecular formula is C62H86O29. The second-order valence-corrected chi connectivity index (χ2v) is 23.0. The Morgan fingerprint density at radius 1 is 0.429 bits per heavy atom. The van der Waals surface area contributed by atoms with Crippen LogP contribution in [-0.2, 0) is 109 Å². The normalized spacial score (nSPS) is 33.2. The number of aromatic hydroxyl groups is 2. The minimum absolute atomic E-state index is 0.0530. The van der Waals surface area contributed by atoms with Crippen LogP contribution in [0.15, 0.2) is 36.4 Å². The van der Waals surface area contributed by atoms with Crippen LogP contribution < -0.4 is 18.9 Å². The highest BCUT2D eigenvalue weighted by Crippen LogP contribution is 2.48. The number of carbonyl (C=O) groups is 8. The number of phenols is 2. The number of hydrogen-bond acceptors (Lipinski definition) is 29. The molecule has 0 saturated carbocycles. The van der Waals surface area contributed by atoms with Gasteiger partial charge in [-0.25, -0.2) is 0 Å². The number of phenolic OH excluding ortho intramolecular Hbond substituents is 2. The summed E-state index contributed by atoms with van der Waals surface area (Å²) in [5, 5.41) is 20.2. The smallest absolute Gasteiger partial charge is 0.369 e. The molecule has 508 valence electrons. The van der Waals surface area contributed by atoms with Crippen LogP contribution >= 0.6 is 0 Å². The average molecular weight is 1300 g/mol. The molecule has 4 saturated heterocycles. The predicted molar refractivity (Wildman–Crippen MR) is 307 cm³/mol. The second kappa shape index (κ2) is 32.3. The van der Waals surface area contributed by atoms with E-state index < -0.39 is 163 Å². The van der Waals surface area contributed by atoms with Gasteiger partial charge >= 0.3 is 53.7 Å². The van der Waals surface area contributed by atoms with E-state index in [4.69, 9.17) is 90.0 Å². The fourth-order valence-corrected chi connectivity index (χ4v) is 11.1. The van der Waals surface area contributed by atoms with Crippen molar-refractivity contribution in [2.45, 2.75) is 203 Å². The van der Waals surface area contributed by atoms with Crippen molar-refractivity contribution in [3.8, 4) is 34.5 Å². The van der Waals surface area contributed by atoms with Crippen LogP contribution in [0.1, 0.15) is 111 Å². The Hall–Kier alpha value is -7.28. The van der Waals surface area contributed by atoms with Gasteiger partial charge in [0, 0.05) is 86.0 Å². The number of ether oxygens (including phenoxy) is 19. The number of esters is 8. The molecule has 7 rings (SSSR count). The molecule has 29 nitrogen and oxygen atoms in total. The molecule has 0 amide bonds. The third-order valence-corrected chi connectivity index (χ3v) is 16.0. The third-order valence-electron chi connectivity index (χ3n) is 16.0. The van der Waals surface area contributed by atoms with Gasteiger partial charge in [0.2, 0.25) is 24.1 Å². The van der Waals surface area contributed by atoms with Gasteiger partial charge in [0.25, 0.3) is 0 Å². The van der Waals surface area contributed by atoms with Gasteiger partial charge in [0.05, 0.1) is 31.0 Å². The molecule has 0 bridgehead atoms. The zero-order valence-electron chi connectivity index (χ0n) is 54.0.